The number of hydrogen-bond donors (Lipinski definition) is 1. The molecule has 2 aliphatic rings. The summed E-state index contributed by atoms with van der Waals surface area (Å²) in [5, 5.41) is 3.27. The first-order valence-corrected chi connectivity index (χ1v) is 12.6. The van der Waals surface area contributed by atoms with Crippen LogP contribution in [0.5, 0.6) is 0 Å². The van der Waals surface area contributed by atoms with Crippen molar-refractivity contribution in [2.45, 2.75) is 57.4 Å². The summed E-state index contributed by atoms with van der Waals surface area (Å²) in [5.41, 5.74) is 3.79. The van der Waals surface area contributed by atoms with Crippen LogP contribution in [0.3, 0.4) is 0 Å². The molecule has 1 atom stereocenters. The molecule has 2 aromatic rings. The molecule has 4 rings (SSSR count). The maximum atomic E-state index is 13.3. The molecule has 1 aliphatic carbocycles. The van der Waals surface area contributed by atoms with E-state index in [9.17, 15) is 13.2 Å². The summed E-state index contributed by atoms with van der Waals surface area (Å²) in [6.45, 7) is 6.45. The van der Waals surface area contributed by atoms with Gasteiger partial charge in [-0.25, -0.2) is 8.42 Å². The maximum Gasteiger partial charge on any atom is 0.243 e. The zero-order valence-electron chi connectivity index (χ0n) is 18.6. The van der Waals surface area contributed by atoms with Gasteiger partial charge < -0.3 is 5.32 Å². The number of carbonyl (C=O) groups is 1. The Kier molecular flexibility index (Phi) is 6.22. The first kappa shape index (κ1) is 22.0. The normalized spacial score (nSPS) is 19.2. The minimum absolute atomic E-state index is 0.0560. The summed E-state index contributed by atoms with van der Waals surface area (Å²) in [7, 11) is -3.56. The number of aryl methyl sites for hydroxylation is 3. The van der Waals surface area contributed by atoms with Crippen molar-refractivity contribution in [3.05, 3.63) is 64.7 Å². The smallest absolute Gasteiger partial charge is 0.243 e. The summed E-state index contributed by atoms with van der Waals surface area (Å²) >= 11 is 0. The van der Waals surface area contributed by atoms with Crippen molar-refractivity contribution in [3.8, 4) is 0 Å². The highest BCUT2D eigenvalue weighted by molar-refractivity contribution is 7.89. The lowest BCUT2D eigenvalue weighted by Crippen LogP contribution is -2.44. The molecule has 1 aliphatic heterocycles. The van der Waals surface area contributed by atoms with Gasteiger partial charge in [0.1, 0.15) is 0 Å². The molecule has 31 heavy (non-hydrogen) atoms. The lowest BCUT2D eigenvalue weighted by atomic mass is 9.95. The van der Waals surface area contributed by atoms with Gasteiger partial charge in [-0.2, -0.15) is 4.31 Å². The Balaban J connectivity index is 1.42. The highest BCUT2D eigenvalue weighted by Crippen LogP contribution is 2.41. The minimum atomic E-state index is -3.56. The van der Waals surface area contributed by atoms with E-state index in [-0.39, 0.29) is 17.9 Å². The van der Waals surface area contributed by atoms with Crippen molar-refractivity contribution < 1.29 is 13.2 Å². The predicted molar refractivity (Wildman–Crippen MR) is 122 cm³/mol. The summed E-state index contributed by atoms with van der Waals surface area (Å²) in [6.07, 6.45) is 3.40. The number of nitrogens with one attached hydrogen (secondary N) is 1. The van der Waals surface area contributed by atoms with Gasteiger partial charge >= 0.3 is 0 Å². The third-order valence-electron chi connectivity index (χ3n) is 6.58. The van der Waals surface area contributed by atoms with Gasteiger partial charge in [0.15, 0.2) is 0 Å². The molecule has 1 saturated carbocycles. The quantitative estimate of drug-likeness (QED) is 0.729. The molecule has 2 fully saturated rings. The van der Waals surface area contributed by atoms with E-state index < -0.39 is 10.0 Å². The predicted octanol–water partition coefficient (Wildman–Crippen LogP) is 4.28. The van der Waals surface area contributed by atoms with Crippen LogP contribution in [-0.2, 0) is 14.8 Å². The van der Waals surface area contributed by atoms with Crippen LogP contribution >= 0.6 is 0 Å². The zero-order chi connectivity index (χ0) is 22.2. The second-order valence-electron chi connectivity index (χ2n) is 9.14. The van der Waals surface area contributed by atoms with Gasteiger partial charge in [-0.15, -0.1) is 0 Å². The third-order valence-corrected chi connectivity index (χ3v) is 8.78. The summed E-state index contributed by atoms with van der Waals surface area (Å²) in [6, 6.07) is 14.1. The van der Waals surface area contributed by atoms with Crippen LogP contribution < -0.4 is 5.32 Å². The van der Waals surface area contributed by atoms with Crippen LogP contribution in [0.4, 0.5) is 0 Å². The van der Waals surface area contributed by atoms with Crippen LogP contribution in [-0.4, -0.2) is 31.7 Å². The third kappa shape index (κ3) is 4.70. The minimum Gasteiger partial charge on any atom is -0.349 e. The molecule has 0 aromatic heterocycles. The highest BCUT2D eigenvalue weighted by Gasteiger charge is 2.37. The average Bonchev–Trinajstić information content (AvgIpc) is 3.57. The van der Waals surface area contributed by atoms with E-state index in [1.807, 2.05) is 51.1 Å². The van der Waals surface area contributed by atoms with E-state index in [0.29, 0.717) is 36.7 Å². The summed E-state index contributed by atoms with van der Waals surface area (Å²) in [5.74, 6) is 0.427. The molecule has 1 unspecified atom stereocenters. The van der Waals surface area contributed by atoms with Gasteiger partial charge in [0.25, 0.3) is 0 Å². The fraction of sp³-hybridized carbons (Fsp3) is 0.480. The Morgan fingerprint density at radius 2 is 1.55 bits per heavy atom. The van der Waals surface area contributed by atoms with Gasteiger partial charge in [0, 0.05) is 19.0 Å². The number of amides is 1. The van der Waals surface area contributed by atoms with Crippen molar-refractivity contribution >= 4 is 15.9 Å². The van der Waals surface area contributed by atoms with Gasteiger partial charge in [-0.1, -0.05) is 48.0 Å². The highest BCUT2D eigenvalue weighted by atomic mass is 32.2. The average molecular weight is 441 g/mol. The van der Waals surface area contributed by atoms with E-state index in [4.69, 9.17) is 0 Å². The number of sulfonamides is 1. The van der Waals surface area contributed by atoms with Gasteiger partial charge in [0.2, 0.25) is 15.9 Å². The van der Waals surface area contributed by atoms with E-state index in [1.54, 1.807) is 4.31 Å². The number of hydrogen-bond acceptors (Lipinski definition) is 3. The molecule has 2 aromatic carbocycles. The van der Waals surface area contributed by atoms with Crippen molar-refractivity contribution in [1.82, 2.24) is 9.62 Å². The number of rotatable bonds is 6. The standard InChI is InChI=1S/C25H32N2O3S/c1-17-15-18(2)24(19(3)16-17)31(29,30)27-13-11-22(12-14-27)25(28)26-23(21-9-10-21)20-7-5-4-6-8-20/h4-8,15-16,21-23H,9-14H2,1-3H3,(H,26,28). The second-order valence-corrected chi connectivity index (χ2v) is 11.0. The summed E-state index contributed by atoms with van der Waals surface area (Å²) < 4.78 is 28.2. The molecular formula is C25H32N2O3S. The van der Waals surface area contributed by atoms with Crippen molar-refractivity contribution in [1.29, 1.82) is 0 Å². The Morgan fingerprint density at radius 1 is 0.968 bits per heavy atom. The molecule has 0 bridgehead atoms. The fourth-order valence-electron chi connectivity index (χ4n) is 4.90. The molecule has 5 nitrogen and oxygen atoms in total. The summed E-state index contributed by atoms with van der Waals surface area (Å²) in [4.78, 5) is 13.4. The number of benzene rings is 2. The Hall–Kier alpha value is -2.18. The molecule has 0 radical (unpaired) electrons. The second kappa shape index (κ2) is 8.75. The monoisotopic (exact) mass is 440 g/mol. The molecule has 0 spiro atoms. The van der Waals surface area contributed by atoms with E-state index in [0.717, 1.165) is 35.1 Å². The van der Waals surface area contributed by atoms with E-state index in [2.05, 4.69) is 17.4 Å². The molecule has 6 heteroatoms. The van der Waals surface area contributed by atoms with Crippen molar-refractivity contribution in [3.63, 3.8) is 0 Å². The van der Waals surface area contributed by atoms with Crippen LogP contribution in [0.2, 0.25) is 0 Å². The Labute approximate surface area is 185 Å². The first-order chi connectivity index (χ1) is 14.8. The first-order valence-electron chi connectivity index (χ1n) is 11.2. The van der Waals surface area contributed by atoms with Gasteiger partial charge in [0.05, 0.1) is 10.9 Å². The van der Waals surface area contributed by atoms with Crippen molar-refractivity contribution in [2.24, 2.45) is 11.8 Å². The number of piperidine rings is 1. The molecule has 166 valence electrons. The molecular weight excluding hydrogens is 408 g/mol. The van der Waals surface area contributed by atoms with Gasteiger partial charge in [-0.05, 0) is 69.1 Å². The topological polar surface area (TPSA) is 66.5 Å². The molecule has 1 amide bonds. The maximum absolute atomic E-state index is 13.3. The van der Waals surface area contributed by atoms with E-state index >= 15 is 0 Å². The number of carbonyl (C=O) groups excluding carboxylic acids is 1. The van der Waals surface area contributed by atoms with E-state index in [1.165, 1.54) is 0 Å². The van der Waals surface area contributed by atoms with Crippen molar-refractivity contribution in [2.75, 3.05) is 13.1 Å². The van der Waals surface area contributed by atoms with Gasteiger partial charge in [-0.3, -0.25) is 4.79 Å². The lowest BCUT2D eigenvalue weighted by molar-refractivity contribution is -0.127. The largest absolute Gasteiger partial charge is 0.349 e. The Morgan fingerprint density at radius 3 is 2.10 bits per heavy atom. The molecule has 1 N–H and O–H groups in total. The van der Waals surface area contributed by atoms with Crippen LogP contribution in [0.25, 0.3) is 0 Å². The zero-order valence-corrected chi connectivity index (χ0v) is 19.4. The fourth-order valence-corrected chi connectivity index (χ4v) is 6.78. The Bertz CT molecular complexity index is 1030. The van der Waals surface area contributed by atoms with Crippen LogP contribution in [0.1, 0.15) is 54.0 Å². The van der Waals surface area contributed by atoms with Crippen LogP contribution in [0.15, 0.2) is 47.4 Å². The lowest BCUT2D eigenvalue weighted by Gasteiger charge is -2.32. The molecule has 1 saturated heterocycles. The van der Waals surface area contributed by atoms with Crippen LogP contribution in [0, 0.1) is 32.6 Å². The number of nitrogens with zero attached hydrogens (tertiary/aromatic N) is 1. The molecule has 1 heterocycles. The SMILES string of the molecule is Cc1cc(C)c(S(=O)(=O)N2CCC(C(=O)NC(c3ccccc3)C3CC3)CC2)c(C)c1.